The van der Waals surface area contributed by atoms with Crippen molar-refractivity contribution in [3.05, 3.63) is 0 Å². The van der Waals surface area contributed by atoms with E-state index < -0.39 is 0 Å². The lowest BCUT2D eigenvalue weighted by molar-refractivity contribution is -0.121. The van der Waals surface area contributed by atoms with Crippen molar-refractivity contribution >= 4 is 5.91 Å². The van der Waals surface area contributed by atoms with Crippen molar-refractivity contribution in [2.24, 2.45) is 5.84 Å². The van der Waals surface area contributed by atoms with Crippen LogP contribution in [0.4, 0.5) is 0 Å². The van der Waals surface area contributed by atoms with Crippen molar-refractivity contribution in [3.63, 3.8) is 0 Å². The number of hydrazine groups is 1. The van der Waals surface area contributed by atoms with Gasteiger partial charge in [-0.1, -0.05) is 0 Å². The summed E-state index contributed by atoms with van der Waals surface area (Å²) < 4.78 is 0. The topological polar surface area (TPSA) is 67.2 Å². The first-order chi connectivity index (χ1) is 5.72. The van der Waals surface area contributed by atoms with Crippen LogP contribution in [0.1, 0.15) is 32.6 Å². The maximum absolute atomic E-state index is 10.8. The van der Waals surface area contributed by atoms with Crippen LogP contribution < -0.4 is 16.6 Å². The number of nitrogens with two attached hydrogens (primary N) is 1. The van der Waals surface area contributed by atoms with Gasteiger partial charge in [-0.3, -0.25) is 10.2 Å². The van der Waals surface area contributed by atoms with E-state index in [0.29, 0.717) is 18.5 Å². The molecule has 2 unspecified atom stereocenters. The Bertz CT molecular complexity index is 160. The molecule has 1 aliphatic rings. The third kappa shape index (κ3) is 2.79. The summed E-state index contributed by atoms with van der Waals surface area (Å²) in [5.41, 5.74) is 2.13. The highest BCUT2D eigenvalue weighted by atomic mass is 16.2. The fourth-order valence-corrected chi connectivity index (χ4v) is 1.63. The Hall–Kier alpha value is -0.610. The Kier molecular flexibility index (Phi) is 3.49. The molecule has 1 fully saturated rings. The molecule has 0 bridgehead atoms. The van der Waals surface area contributed by atoms with E-state index in [1.807, 2.05) is 0 Å². The standard InChI is InChI=1S/C8H17N3O/c1-6-2-3-7(10-6)4-5-8(12)11-9/h6-7,10H,2-5,9H2,1H3,(H,11,12). The van der Waals surface area contributed by atoms with E-state index in [1.54, 1.807) is 0 Å². The van der Waals surface area contributed by atoms with Gasteiger partial charge in [0, 0.05) is 18.5 Å². The number of carbonyl (C=O) groups is 1. The molecule has 0 spiro atoms. The van der Waals surface area contributed by atoms with Crippen LogP contribution in [-0.4, -0.2) is 18.0 Å². The minimum atomic E-state index is -0.0728. The Morgan fingerprint density at radius 3 is 2.92 bits per heavy atom. The van der Waals surface area contributed by atoms with Gasteiger partial charge in [-0.2, -0.15) is 0 Å². The molecular weight excluding hydrogens is 154 g/mol. The quantitative estimate of drug-likeness (QED) is 0.315. The molecule has 0 aromatic carbocycles. The lowest BCUT2D eigenvalue weighted by Gasteiger charge is -2.10. The summed E-state index contributed by atoms with van der Waals surface area (Å²) in [5, 5.41) is 3.41. The number of hydrogen-bond acceptors (Lipinski definition) is 3. The van der Waals surface area contributed by atoms with Crippen LogP contribution in [0.3, 0.4) is 0 Å². The monoisotopic (exact) mass is 171 g/mol. The van der Waals surface area contributed by atoms with Gasteiger partial charge < -0.3 is 5.32 Å². The molecular formula is C8H17N3O. The molecule has 0 aliphatic carbocycles. The second-order valence-electron chi connectivity index (χ2n) is 3.45. The second-order valence-corrected chi connectivity index (χ2v) is 3.45. The molecule has 70 valence electrons. The van der Waals surface area contributed by atoms with Crippen molar-refractivity contribution in [1.82, 2.24) is 10.7 Å². The van der Waals surface area contributed by atoms with Gasteiger partial charge in [0.15, 0.2) is 0 Å². The summed E-state index contributed by atoms with van der Waals surface area (Å²) in [6.45, 7) is 2.17. The summed E-state index contributed by atoms with van der Waals surface area (Å²) in [6.07, 6.45) is 3.82. The minimum absolute atomic E-state index is 0.0728. The molecule has 4 N–H and O–H groups in total. The van der Waals surface area contributed by atoms with Crippen LogP contribution in [0, 0.1) is 0 Å². The number of carbonyl (C=O) groups excluding carboxylic acids is 1. The molecule has 0 aromatic heterocycles. The number of hydrogen-bond donors (Lipinski definition) is 3. The highest BCUT2D eigenvalue weighted by molar-refractivity contribution is 5.75. The first-order valence-corrected chi connectivity index (χ1v) is 4.48. The predicted molar refractivity (Wildman–Crippen MR) is 47.2 cm³/mol. The third-order valence-corrected chi connectivity index (χ3v) is 2.35. The van der Waals surface area contributed by atoms with E-state index in [-0.39, 0.29) is 5.91 Å². The van der Waals surface area contributed by atoms with Crippen molar-refractivity contribution in [1.29, 1.82) is 0 Å². The molecule has 12 heavy (non-hydrogen) atoms. The van der Waals surface area contributed by atoms with Gasteiger partial charge in [0.2, 0.25) is 5.91 Å². The molecule has 4 nitrogen and oxygen atoms in total. The van der Waals surface area contributed by atoms with Crippen LogP contribution in [0.2, 0.25) is 0 Å². The van der Waals surface area contributed by atoms with Crippen LogP contribution in [-0.2, 0) is 4.79 Å². The number of rotatable bonds is 3. The first-order valence-electron chi connectivity index (χ1n) is 4.48. The summed E-state index contributed by atoms with van der Waals surface area (Å²) in [5.74, 6) is 4.89. The summed E-state index contributed by atoms with van der Waals surface area (Å²) in [7, 11) is 0. The van der Waals surface area contributed by atoms with Crippen LogP contribution in [0.5, 0.6) is 0 Å². The highest BCUT2D eigenvalue weighted by Gasteiger charge is 2.20. The van der Waals surface area contributed by atoms with Crippen molar-refractivity contribution in [2.75, 3.05) is 0 Å². The second kappa shape index (κ2) is 4.42. The van der Waals surface area contributed by atoms with Crippen molar-refractivity contribution in [3.8, 4) is 0 Å². The van der Waals surface area contributed by atoms with Gasteiger partial charge in [0.25, 0.3) is 0 Å². The maximum Gasteiger partial charge on any atom is 0.233 e. The summed E-state index contributed by atoms with van der Waals surface area (Å²) in [4.78, 5) is 10.8. The fourth-order valence-electron chi connectivity index (χ4n) is 1.63. The molecule has 0 aromatic rings. The van der Waals surface area contributed by atoms with Crippen molar-refractivity contribution < 1.29 is 4.79 Å². The SMILES string of the molecule is CC1CCC(CCC(=O)NN)N1. The molecule has 1 saturated heterocycles. The average molecular weight is 171 g/mol. The average Bonchev–Trinajstić information content (AvgIpc) is 2.47. The third-order valence-electron chi connectivity index (χ3n) is 2.35. The zero-order valence-electron chi connectivity index (χ0n) is 7.47. The zero-order valence-corrected chi connectivity index (χ0v) is 7.47. The van der Waals surface area contributed by atoms with Crippen molar-refractivity contribution in [2.45, 2.75) is 44.7 Å². The van der Waals surface area contributed by atoms with Gasteiger partial charge in [-0.25, -0.2) is 5.84 Å². The fraction of sp³-hybridized carbons (Fsp3) is 0.875. The van der Waals surface area contributed by atoms with Gasteiger partial charge >= 0.3 is 0 Å². The molecule has 1 heterocycles. The molecule has 0 radical (unpaired) electrons. The first kappa shape index (κ1) is 9.48. The number of amides is 1. The van der Waals surface area contributed by atoms with Crippen LogP contribution >= 0.6 is 0 Å². The Morgan fingerprint density at radius 2 is 2.42 bits per heavy atom. The Balaban J connectivity index is 2.11. The van der Waals surface area contributed by atoms with Crippen LogP contribution in [0.15, 0.2) is 0 Å². The van der Waals surface area contributed by atoms with E-state index in [1.165, 1.54) is 12.8 Å². The normalized spacial score (nSPS) is 28.8. The maximum atomic E-state index is 10.8. The lowest BCUT2D eigenvalue weighted by atomic mass is 10.1. The molecule has 2 atom stereocenters. The number of nitrogens with one attached hydrogen (secondary N) is 2. The Labute approximate surface area is 72.9 Å². The summed E-state index contributed by atoms with van der Waals surface area (Å²) in [6, 6.07) is 1.12. The van der Waals surface area contributed by atoms with E-state index >= 15 is 0 Å². The van der Waals surface area contributed by atoms with Gasteiger partial charge in [-0.15, -0.1) is 0 Å². The zero-order chi connectivity index (χ0) is 8.97. The van der Waals surface area contributed by atoms with Gasteiger partial charge in [0.05, 0.1) is 0 Å². The van der Waals surface area contributed by atoms with E-state index in [0.717, 1.165) is 6.42 Å². The molecule has 1 aliphatic heterocycles. The highest BCUT2D eigenvalue weighted by Crippen LogP contribution is 2.15. The molecule has 1 amide bonds. The van der Waals surface area contributed by atoms with E-state index in [4.69, 9.17) is 5.84 Å². The van der Waals surface area contributed by atoms with Gasteiger partial charge in [0.1, 0.15) is 0 Å². The minimum Gasteiger partial charge on any atom is -0.311 e. The van der Waals surface area contributed by atoms with E-state index in [9.17, 15) is 4.79 Å². The molecule has 0 saturated carbocycles. The largest absolute Gasteiger partial charge is 0.311 e. The Morgan fingerprint density at radius 1 is 1.67 bits per heavy atom. The molecule has 1 rings (SSSR count). The lowest BCUT2D eigenvalue weighted by Crippen LogP contribution is -2.33. The smallest absolute Gasteiger partial charge is 0.233 e. The summed E-state index contributed by atoms with van der Waals surface area (Å²) >= 11 is 0. The van der Waals surface area contributed by atoms with Gasteiger partial charge in [-0.05, 0) is 26.2 Å². The van der Waals surface area contributed by atoms with E-state index in [2.05, 4.69) is 17.7 Å². The van der Waals surface area contributed by atoms with Crippen LogP contribution in [0.25, 0.3) is 0 Å². The predicted octanol–water partition coefficient (Wildman–Crippen LogP) is -0.103. The molecule has 4 heteroatoms.